The molecular formula is C21H16Cl2N2O4S2. The Kier molecular flexibility index (Phi) is 6.52. The molecule has 0 aromatic heterocycles. The number of aliphatic carboxylic acids is 1. The number of fused-ring (bicyclic) bond motifs is 1. The van der Waals surface area contributed by atoms with E-state index in [2.05, 4.69) is 5.32 Å². The summed E-state index contributed by atoms with van der Waals surface area (Å²) in [6, 6.07) is 13.6. The lowest BCUT2D eigenvalue weighted by atomic mass is 10.0. The van der Waals surface area contributed by atoms with E-state index in [-0.39, 0.29) is 18.0 Å². The second-order valence-corrected chi connectivity index (χ2v) is 9.88. The van der Waals surface area contributed by atoms with Crippen LogP contribution in [0.1, 0.15) is 5.56 Å². The van der Waals surface area contributed by atoms with Gasteiger partial charge in [0.2, 0.25) is 5.91 Å². The molecule has 0 bridgehead atoms. The number of thioether (sulfide) groups is 2. The Morgan fingerprint density at radius 2 is 1.90 bits per heavy atom. The third-order valence-electron chi connectivity index (χ3n) is 4.81. The maximum absolute atomic E-state index is 12.8. The molecule has 1 saturated heterocycles. The van der Waals surface area contributed by atoms with Crippen molar-refractivity contribution in [3.8, 4) is 0 Å². The highest BCUT2D eigenvalue weighted by molar-refractivity contribution is 8.06. The molecule has 10 heteroatoms. The van der Waals surface area contributed by atoms with Gasteiger partial charge in [0, 0.05) is 15.6 Å². The van der Waals surface area contributed by atoms with Crippen LogP contribution in [0.4, 0.5) is 0 Å². The number of carbonyl (C=O) groups excluding carboxylic acids is 2. The molecule has 0 aliphatic carbocycles. The van der Waals surface area contributed by atoms with E-state index in [9.17, 15) is 19.5 Å². The van der Waals surface area contributed by atoms with Crippen LogP contribution in [0.5, 0.6) is 0 Å². The molecule has 4 rings (SSSR count). The van der Waals surface area contributed by atoms with Gasteiger partial charge in [0.25, 0.3) is 5.91 Å². The van der Waals surface area contributed by atoms with Crippen molar-refractivity contribution in [2.24, 2.45) is 0 Å². The van der Waals surface area contributed by atoms with Crippen molar-refractivity contribution in [1.82, 2.24) is 10.2 Å². The standard InChI is InChI=1S/C21H16Cl2N2O4S2/c22-12-7-4-8-13(16(12)23)31-14-10-30-20-17(19(27)25(20)18(14)21(28)29)24-15(26)9-11-5-2-1-3-6-11/h1-8,17,20H,9-10H2,(H,24,26)(H,28,29)/t17-,20-/m1/s1. The fourth-order valence-electron chi connectivity index (χ4n) is 3.37. The van der Waals surface area contributed by atoms with Gasteiger partial charge in [0.05, 0.1) is 16.5 Å². The fraction of sp³-hybridized carbons (Fsp3) is 0.190. The second kappa shape index (κ2) is 9.16. The largest absolute Gasteiger partial charge is 0.477 e. The average Bonchev–Trinajstić information content (AvgIpc) is 2.75. The Hall–Kier alpha value is -2.13. The molecule has 0 radical (unpaired) electrons. The van der Waals surface area contributed by atoms with E-state index in [4.69, 9.17) is 23.2 Å². The molecule has 160 valence electrons. The highest BCUT2D eigenvalue weighted by Crippen LogP contribution is 2.46. The number of carbonyl (C=O) groups is 3. The first-order valence-corrected chi connectivity index (χ1v) is 11.8. The number of hydrogen-bond donors (Lipinski definition) is 2. The first kappa shape index (κ1) is 22.1. The number of amides is 2. The van der Waals surface area contributed by atoms with Gasteiger partial charge in [-0.15, -0.1) is 11.8 Å². The summed E-state index contributed by atoms with van der Waals surface area (Å²) in [7, 11) is 0. The SMILES string of the molecule is O=C(Cc1ccccc1)N[C@@H]1C(=O)N2C(C(=O)O)=C(Sc3cccc(Cl)c3Cl)CS[C@H]12. The molecule has 2 amide bonds. The molecule has 2 N–H and O–H groups in total. The number of halogens is 2. The highest BCUT2D eigenvalue weighted by Gasteiger charge is 2.54. The smallest absolute Gasteiger partial charge is 0.353 e. The fourth-order valence-corrected chi connectivity index (χ4v) is 6.37. The monoisotopic (exact) mass is 494 g/mol. The molecule has 6 nitrogen and oxygen atoms in total. The van der Waals surface area contributed by atoms with Gasteiger partial charge in [-0.2, -0.15) is 0 Å². The van der Waals surface area contributed by atoms with Gasteiger partial charge in [-0.3, -0.25) is 14.5 Å². The number of benzene rings is 2. The van der Waals surface area contributed by atoms with Crippen molar-refractivity contribution in [3.05, 3.63) is 74.7 Å². The Morgan fingerprint density at radius 1 is 1.16 bits per heavy atom. The Balaban J connectivity index is 1.51. The van der Waals surface area contributed by atoms with E-state index < -0.39 is 23.3 Å². The average molecular weight is 495 g/mol. The molecular weight excluding hydrogens is 479 g/mol. The van der Waals surface area contributed by atoms with E-state index in [1.54, 1.807) is 18.2 Å². The van der Waals surface area contributed by atoms with Gasteiger partial charge in [-0.25, -0.2) is 4.79 Å². The van der Waals surface area contributed by atoms with E-state index in [0.717, 1.165) is 5.56 Å². The summed E-state index contributed by atoms with van der Waals surface area (Å²) in [4.78, 5) is 39.5. The number of nitrogens with one attached hydrogen (secondary N) is 1. The zero-order valence-corrected chi connectivity index (χ0v) is 19.0. The topological polar surface area (TPSA) is 86.7 Å². The number of β-lactam (4-membered cyclic amide) rings is 1. The van der Waals surface area contributed by atoms with E-state index >= 15 is 0 Å². The summed E-state index contributed by atoms with van der Waals surface area (Å²) in [5.41, 5.74) is 0.756. The summed E-state index contributed by atoms with van der Waals surface area (Å²) in [5, 5.41) is 12.8. The summed E-state index contributed by atoms with van der Waals surface area (Å²) in [6.45, 7) is 0. The number of rotatable bonds is 6. The van der Waals surface area contributed by atoms with Crippen LogP contribution in [0, 0.1) is 0 Å². The lowest BCUT2D eigenvalue weighted by Gasteiger charge is -2.49. The van der Waals surface area contributed by atoms with E-state index in [0.29, 0.717) is 25.6 Å². The van der Waals surface area contributed by atoms with Gasteiger partial charge in [0.1, 0.15) is 17.1 Å². The molecule has 2 aromatic carbocycles. The van der Waals surface area contributed by atoms with Gasteiger partial charge in [-0.1, -0.05) is 71.4 Å². The van der Waals surface area contributed by atoms with Gasteiger partial charge < -0.3 is 10.4 Å². The molecule has 0 spiro atoms. The van der Waals surface area contributed by atoms with Crippen LogP contribution in [-0.2, 0) is 20.8 Å². The van der Waals surface area contributed by atoms with Gasteiger partial charge >= 0.3 is 5.97 Å². The molecule has 2 aliphatic rings. The lowest BCUT2D eigenvalue weighted by Crippen LogP contribution is -2.70. The molecule has 0 unspecified atom stereocenters. The number of carboxylic acid groups (broad SMARTS) is 1. The second-order valence-electron chi connectivity index (χ2n) is 6.85. The zero-order valence-electron chi connectivity index (χ0n) is 15.9. The zero-order chi connectivity index (χ0) is 22.1. The molecule has 1 fully saturated rings. The minimum absolute atomic E-state index is 0.0802. The van der Waals surface area contributed by atoms with Crippen LogP contribution in [0.15, 0.2) is 64.0 Å². The van der Waals surface area contributed by atoms with E-state index in [1.165, 1.54) is 28.4 Å². The normalized spacial score (nSPS) is 20.2. The van der Waals surface area contributed by atoms with E-state index in [1.807, 2.05) is 30.3 Å². The Bertz CT molecular complexity index is 1090. The lowest BCUT2D eigenvalue weighted by molar-refractivity contribution is -0.150. The van der Waals surface area contributed by atoms with Crippen molar-refractivity contribution in [2.75, 3.05) is 5.75 Å². The molecule has 2 aliphatic heterocycles. The summed E-state index contributed by atoms with van der Waals surface area (Å²) in [6.07, 6.45) is 0.151. The minimum Gasteiger partial charge on any atom is -0.477 e. The minimum atomic E-state index is -1.20. The van der Waals surface area contributed by atoms with Crippen LogP contribution < -0.4 is 5.32 Å². The van der Waals surface area contributed by atoms with Gasteiger partial charge in [-0.05, 0) is 17.7 Å². The molecule has 2 aromatic rings. The molecule has 2 atom stereocenters. The summed E-state index contributed by atoms with van der Waals surface area (Å²) in [5.74, 6) is -1.55. The number of hydrogen-bond acceptors (Lipinski definition) is 5. The third-order valence-corrected chi connectivity index (χ3v) is 8.35. The maximum Gasteiger partial charge on any atom is 0.353 e. The van der Waals surface area contributed by atoms with Crippen molar-refractivity contribution in [1.29, 1.82) is 0 Å². The number of carboxylic acids is 1. The van der Waals surface area contributed by atoms with Crippen LogP contribution in [0.25, 0.3) is 0 Å². The molecule has 0 saturated carbocycles. The predicted octanol–water partition coefficient (Wildman–Crippen LogP) is 4.02. The first-order chi connectivity index (χ1) is 14.9. The van der Waals surface area contributed by atoms with Crippen molar-refractivity contribution in [3.63, 3.8) is 0 Å². The summed E-state index contributed by atoms with van der Waals surface area (Å²) >= 11 is 14.9. The number of nitrogens with zero attached hydrogens (tertiary/aromatic N) is 1. The molecule has 2 heterocycles. The van der Waals surface area contributed by atoms with Crippen LogP contribution in [-0.4, -0.2) is 45.0 Å². The van der Waals surface area contributed by atoms with Crippen LogP contribution in [0.3, 0.4) is 0 Å². The Labute approximate surface area is 197 Å². The third kappa shape index (κ3) is 4.43. The van der Waals surface area contributed by atoms with Crippen molar-refractivity contribution >= 4 is 64.5 Å². The van der Waals surface area contributed by atoms with Crippen LogP contribution in [0.2, 0.25) is 10.0 Å². The van der Waals surface area contributed by atoms with Crippen molar-refractivity contribution < 1.29 is 19.5 Å². The first-order valence-electron chi connectivity index (χ1n) is 9.23. The predicted molar refractivity (Wildman–Crippen MR) is 122 cm³/mol. The maximum atomic E-state index is 12.8. The molecule has 31 heavy (non-hydrogen) atoms. The quantitative estimate of drug-likeness (QED) is 0.589. The van der Waals surface area contributed by atoms with Gasteiger partial charge in [0.15, 0.2) is 0 Å². The summed E-state index contributed by atoms with van der Waals surface area (Å²) < 4.78 is 0. The van der Waals surface area contributed by atoms with Crippen molar-refractivity contribution in [2.45, 2.75) is 22.7 Å². The highest BCUT2D eigenvalue weighted by atomic mass is 35.5. The Morgan fingerprint density at radius 3 is 2.61 bits per heavy atom. The van der Waals surface area contributed by atoms with Crippen LogP contribution >= 0.6 is 46.7 Å².